The summed E-state index contributed by atoms with van der Waals surface area (Å²) in [5.41, 5.74) is 2.44. The van der Waals surface area contributed by atoms with Crippen molar-refractivity contribution in [1.82, 2.24) is 10.3 Å². The lowest BCUT2D eigenvalue weighted by Gasteiger charge is -2.33. The number of fused-ring (bicyclic) bond motifs is 1. The highest BCUT2D eigenvalue weighted by molar-refractivity contribution is 7.99. The van der Waals surface area contributed by atoms with Crippen molar-refractivity contribution < 1.29 is 14.7 Å². The van der Waals surface area contributed by atoms with Crippen LogP contribution in [0.3, 0.4) is 0 Å². The van der Waals surface area contributed by atoms with E-state index in [9.17, 15) is 14.7 Å². The monoisotopic (exact) mass is 332 g/mol. The number of hydrogen-bond donors (Lipinski definition) is 3. The van der Waals surface area contributed by atoms with Gasteiger partial charge in [-0.15, -0.1) is 0 Å². The third-order valence-corrected chi connectivity index (χ3v) is 5.68. The van der Waals surface area contributed by atoms with Crippen LogP contribution in [-0.4, -0.2) is 39.0 Å². The van der Waals surface area contributed by atoms with Crippen molar-refractivity contribution >= 4 is 34.5 Å². The molecule has 0 spiro atoms. The Labute approximate surface area is 138 Å². The van der Waals surface area contributed by atoms with Gasteiger partial charge in [0.2, 0.25) is 0 Å². The first-order valence-corrected chi connectivity index (χ1v) is 8.81. The van der Waals surface area contributed by atoms with Crippen LogP contribution in [-0.2, 0) is 4.79 Å². The summed E-state index contributed by atoms with van der Waals surface area (Å²) in [6.45, 7) is 4.05. The third-order valence-electron chi connectivity index (χ3n) is 4.70. The molecule has 2 heterocycles. The molecule has 1 aromatic heterocycles. The zero-order chi connectivity index (χ0) is 16.6. The molecule has 0 aliphatic carbocycles. The molecule has 122 valence electrons. The predicted molar refractivity (Wildman–Crippen MR) is 92.2 cm³/mol. The number of rotatable bonds is 3. The number of aromatic amines is 1. The summed E-state index contributed by atoms with van der Waals surface area (Å²) in [5.74, 6) is 0.191. The average molecular weight is 332 g/mol. The fourth-order valence-corrected chi connectivity index (χ4v) is 4.17. The maximum absolute atomic E-state index is 12.6. The number of amides is 1. The van der Waals surface area contributed by atoms with Crippen LogP contribution in [0.5, 0.6) is 0 Å². The average Bonchev–Trinajstić information content (AvgIpc) is 2.97. The van der Waals surface area contributed by atoms with E-state index in [1.54, 1.807) is 17.8 Å². The molecule has 0 saturated carbocycles. The molecule has 1 saturated heterocycles. The van der Waals surface area contributed by atoms with E-state index in [-0.39, 0.29) is 5.91 Å². The minimum Gasteiger partial charge on any atom is -0.480 e. The van der Waals surface area contributed by atoms with Gasteiger partial charge < -0.3 is 15.4 Å². The summed E-state index contributed by atoms with van der Waals surface area (Å²) >= 11 is 1.72. The summed E-state index contributed by atoms with van der Waals surface area (Å²) in [6, 6.07) is 5.76. The number of aliphatic carboxylic acids is 1. The molecule has 1 aromatic carbocycles. The molecule has 0 radical (unpaired) electrons. The maximum Gasteiger partial charge on any atom is 0.329 e. The van der Waals surface area contributed by atoms with Crippen LogP contribution in [0.2, 0.25) is 0 Å². The van der Waals surface area contributed by atoms with Crippen molar-refractivity contribution in [1.29, 1.82) is 0 Å². The number of H-pyrrole nitrogens is 1. The summed E-state index contributed by atoms with van der Waals surface area (Å²) < 4.78 is 0. The van der Waals surface area contributed by atoms with Crippen LogP contribution in [0, 0.1) is 13.8 Å². The predicted octanol–water partition coefficient (Wildman–Crippen LogP) is 2.86. The Morgan fingerprint density at radius 2 is 1.96 bits per heavy atom. The molecule has 1 fully saturated rings. The van der Waals surface area contributed by atoms with E-state index in [1.165, 1.54) is 0 Å². The zero-order valence-electron chi connectivity index (χ0n) is 13.2. The number of thioether (sulfide) groups is 1. The molecule has 1 aliphatic heterocycles. The van der Waals surface area contributed by atoms with E-state index in [1.807, 2.05) is 26.0 Å². The lowest BCUT2D eigenvalue weighted by Crippen LogP contribution is -2.56. The second-order valence-electron chi connectivity index (χ2n) is 6.11. The van der Waals surface area contributed by atoms with E-state index < -0.39 is 11.5 Å². The molecule has 2 aromatic rings. The van der Waals surface area contributed by atoms with Gasteiger partial charge in [0.15, 0.2) is 0 Å². The quantitative estimate of drug-likeness (QED) is 0.807. The Balaban J connectivity index is 1.91. The minimum absolute atomic E-state index is 0.354. The van der Waals surface area contributed by atoms with Crippen molar-refractivity contribution in [2.45, 2.75) is 32.2 Å². The van der Waals surface area contributed by atoms with E-state index in [0.29, 0.717) is 18.5 Å². The number of aryl methyl sites for hydroxylation is 2. The number of benzene rings is 1. The van der Waals surface area contributed by atoms with Gasteiger partial charge in [-0.2, -0.15) is 11.8 Å². The molecular formula is C17H20N2O3S. The summed E-state index contributed by atoms with van der Waals surface area (Å²) in [5, 5.41) is 13.3. The van der Waals surface area contributed by atoms with Gasteiger partial charge >= 0.3 is 5.97 Å². The number of aromatic nitrogens is 1. The molecule has 0 bridgehead atoms. The summed E-state index contributed by atoms with van der Waals surface area (Å²) in [7, 11) is 0. The SMILES string of the molecule is Cc1ccc2[nH]c(C(=O)NC3(C(=O)O)CCSCC3)cc2c1C. The first-order chi connectivity index (χ1) is 10.9. The van der Waals surface area contributed by atoms with Gasteiger partial charge in [-0.05, 0) is 61.5 Å². The third kappa shape index (κ3) is 2.83. The minimum atomic E-state index is -1.15. The topological polar surface area (TPSA) is 82.2 Å². The van der Waals surface area contributed by atoms with Crippen molar-refractivity contribution in [2.24, 2.45) is 0 Å². The molecule has 0 unspecified atom stereocenters. The van der Waals surface area contributed by atoms with Crippen molar-refractivity contribution in [3.63, 3.8) is 0 Å². The molecule has 1 amide bonds. The fourth-order valence-electron chi connectivity index (χ4n) is 2.98. The number of carbonyl (C=O) groups excluding carboxylic acids is 1. The van der Waals surface area contributed by atoms with Crippen LogP contribution >= 0.6 is 11.8 Å². The number of nitrogens with one attached hydrogen (secondary N) is 2. The highest BCUT2D eigenvalue weighted by Crippen LogP contribution is 2.28. The number of carbonyl (C=O) groups is 2. The van der Waals surface area contributed by atoms with Gasteiger partial charge in [-0.25, -0.2) is 4.79 Å². The number of carboxylic acids is 1. The largest absolute Gasteiger partial charge is 0.480 e. The van der Waals surface area contributed by atoms with Crippen LogP contribution in [0.4, 0.5) is 0 Å². The van der Waals surface area contributed by atoms with Crippen molar-refractivity contribution in [2.75, 3.05) is 11.5 Å². The van der Waals surface area contributed by atoms with E-state index in [0.717, 1.165) is 33.5 Å². The standard InChI is InChI=1S/C17H20N2O3S/c1-10-3-4-13-12(11(10)2)9-14(18-13)15(20)19-17(16(21)22)5-7-23-8-6-17/h3-4,9,18H,5-8H2,1-2H3,(H,19,20)(H,21,22). The van der Waals surface area contributed by atoms with Gasteiger partial charge in [-0.3, -0.25) is 4.79 Å². The second kappa shape index (κ2) is 5.92. The molecule has 3 N–H and O–H groups in total. The highest BCUT2D eigenvalue weighted by Gasteiger charge is 2.41. The number of carboxylic acid groups (broad SMARTS) is 1. The van der Waals surface area contributed by atoms with Gasteiger partial charge in [0.05, 0.1) is 0 Å². The van der Waals surface area contributed by atoms with Gasteiger partial charge in [0.25, 0.3) is 5.91 Å². The Morgan fingerprint density at radius 3 is 2.61 bits per heavy atom. The fraction of sp³-hybridized carbons (Fsp3) is 0.412. The van der Waals surface area contributed by atoms with E-state index in [2.05, 4.69) is 10.3 Å². The Kier molecular flexibility index (Phi) is 4.10. The first kappa shape index (κ1) is 15.9. The molecule has 6 heteroatoms. The second-order valence-corrected chi connectivity index (χ2v) is 7.33. The molecular weight excluding hydrogens is 312 g/mol. The lowest BCUT2D eigenvalue weighted by atomic mass is 9.92. The summed E-state index contributed by atoms with van der Waals surface area (Å²) in [6.07, 6.45) is 0.911. The van der Waals surface area contributed by atoms with Gasteiger partial charge in [0, 0.05) is 10.9 Å². The Bertz CT molecular complexity index is 775. The summed E-state index contributed by atoms with van der Waals surface area (Å²) in [4.78, 5) is 27.4. The van der Waals surface area contributed by atoms with E-state index >= 15 is 0 Å². The van der Waals surface area contributed by atoms with Crippen LogP contribution in [0.15, 0.2) is 18.2 Å². The highest BCUT2D eigenvalue weighted by atomic mass is 32.2. The molecule has 5 nitrogen and oxygen atoms in total. The zero-order valence-corrected chi connectivity index (χ0v) is 14.0. The maximum atomic E-state index is 12.6. The van der Waals surface area contributed by atoms with Gasteiger partial charge in [-0.1, -0.05) is 6.07 Å². The van der Waals surface area contributed by atoms with Crippen LogP contribution in [0.25, 0.3) is 10.9 Å². The van der Waals surface area contributed by atoms with Crippen molar-refractivity contribution in [3.05, 3.63) is 35.0 Å². The normalized spacial score (nSPS) is 17.1. The first-order valence-electron chi connectivity index (χ1n) is 7.65. The van der Waals surface area contributed by atoms with Crippen molar-refractivity contribution in [3.8, 4) is 0 Å². The lowest BCUT2D eigenvalue weighted by molar-refractivity contribution is -0.144. The molecule has 3 rings (SSSR count). The Morgan fingerprint density at radius 1 is 1.26 bits per heavy atom. The number of hydrogen-bond acceptors (Lipinski definition) is 3. The molecule has 0 atom stereocenters. The van der Waals surface area contributed by atoms with Gasteiger partial charge in [0.1, 0.15) is 11.2 Å². The van der Waals surface area contributed by atoms with E-state index in [4.69, 9.17) is 0 Å². The molecule has 1 aliphatic rings. The van der Waals surface area contributed by atoms with Crippen LogP contribution < -0.4 is 5.32 Å². The smallest absolute Gasteiger partial charge is 0.329 e. The van der Waals surface area contributed by atoms with Crippen LogP contribution in [0.1, 0.15) is 34.5 Å². The molecule has 23 heavy (non-hydrogen) atoms. The Hall–Kier alpha value is -1.95.